The van der Waals surface area contributed by atoms with E-state index in [1.165, 1.54) is 6.42 Å². The number of carbonyl (C=O) groups is 1. The molecule has 1 N–H and O–H groups in total. The normalized spacial score (nSPS) is 42.8. The maximum absolute atomic E-state index is 12.8. The maximum Gasteiger partial charge on any atom is 0.224 e. The minimum atomic E-state index is -0.762. The quantitative estimate of drug-likeness (QED) is 0.469. The first-order valence-corrected chi connectivity index (χ1v) is 13.2. The van der Waals surface area contributed by atoms with Crippen LogP contribution in [0, 0.1) is 23.7 Å². The summed E-state index contributed by atoms with van der Waals surface area (Å²) >= 11 is 1.63. The lowest BCUT2D eigenvalue weighted by molar-refractivity contribution is -0.571. The first-order valence-electron chi connectivity index (χ1n) is 12.0. The molecule has 4 aliphatic heterocycles. The van der Waals surface area contributed by atoms with E-state index in [-0.39, 0.29) is 17.9 Å². The fourth-order valence-corrected chi connectivity index (χ4v) is 7.10. The zero-order chi connectivity index (χ0) is 22.5. The Labute approximate surface area is 195 Å². The standard InChI is InChI=1S/C25H35NO5S/c1-15-9-10-18-16(2)20(11-12-22(27)26-19-7-5-6-8-21(19)32-4)28-23-25(18)17(15)13-14-24(3,29-23)30-31-25/h5-8,15-18,20,23H,9-14H2,1-4H3,(H,26,27). The van der Waals surface area contributed by atoms with Gasteiger partial charge in [-0.25, -0.2) is 9.78 Å². The number of amides is 1. The molecule has 8 unspecified atom stereocenters. The van der Waals surface area contributed by atoms with Crippen molar-refractivity contribution in [1.29, 1.82) is 0 Å². The van der Waals surface area contributed by atoms with Gasteiger partial charge in [-0.05, 0) is 68.7 Å². The molecular weight excluding hydrogens is 426 g/mol. The van der Waals surface area contributed by atoms with E-state index in [0.717, 1.165) is 29.8 Å². The van der Waals surface area contributed by atoms with Crippen LogP contribution in [-0.2, 0) is 24.0 Å². The summed E-state index contributed by atoms with van der Waals surface area (Å²) < 4.78 is 13.0. The van der Waals surface area contributed by atoms with Gasteiger partial charge in [-0.1, -0.05) is 26.0 Å². The number of para-hydroxylation sites is 1. The number of fused-ring (bicyclic) bond motifs is 2. The van der Waals surface area contributed by atoms with Crippen molar-refractivity contribution >= 4 is 23.4 Å². The average Bonchev–Trinajstić information content (AvgIpc) is 3.01. The molecule has 4 saturated heterocycles. The largest absolute Gasteiger partial charge is 0.346 e. The van der Waals surface area contributed by atoms with E-state index in [1.807, 2.05) is 37.4 Å². The minimum absolute atomic E-state index is 0.0209. The monoisotopic (exact) mass is 461 g/mol. The molecule has 5 fully saturated rings. The van der Waals surface area contributed by atoms with Crippen molar-refractivity contribution in [3.8, 4) is 0 Å². The van der Waals surface area contributed by atoms with Crippen LogP contribution in [0.2, 0.25) is 0 Å². The molecule has 4 heterocycles. The number of hydrogen-bond acceptors (Lipinski definition) is 6. The van der Waals surface area contributed by atoms with Crippen molar-refractivity contribution in [1.82, 2.24) is 0 Å². The molecule has 1 spiro atoms. The highest BCUT2D eigenvalue weighted by Crippen LogP contribution is 2.60. The van der Waals surface area contributed by atoms with Gasteiger partial charge in [0.2, 0.25) is 11.7 Å². The molecule has 1 saturated carbocycles. The number of carbonyl (C=O) groups excluding carboxylic acids is 1. The Morgan fingerprint density at radius 3 is 2.78 bits per heavy atom. The number of nitrogens with one attached hydrogen (secondary N) is 1. The Kier molecular flexibility index (Phi) is 6.08. The zero-order valence-corrected chi connectivity index (χ0v) is 20.3. The predicted octanol–water partition coefficient (Wildman–Crippen LogP) is 5.38. The van der Waals surface area contributed by atoms with Crippen LogP contribution in [0.1, 0.15) is 59.3 Å². The van der Waals surface area contributed by atoms with Gasteiger partial charge in [-0.2, -0.15) is 0 Å². The lowest BCUT2D eigenvalue weighted by atomic mass is 9.57. The molecular formula is C25H35NO5S. The Balaban J connectivity index is 1.31. The van der Waals surface area contributed by atoms with E-state index in [9.17, 15) is 4.79 Å². The smallest absolute Gasteiger partial charge is 0.224 e. The second-order valence-electron chi connectivity index (χ2n) is 10.2. The Morgan fingerprint density at radius 2 is 1.97 bits per heavy atom. The number of benzene rings is 1. The number of anilines is 1. The highest BCUT2D eigenvalue weighted by atomic mass is 32.2. The highest BCUT2D eigenvalue weighted by Gasteiger charge is 2.69. The molecule has 0 radical (unpaired) electrons. The molecule has 1 aromatic carbocycles. The minimum Gasteiger partial charge on any atom is -0.346 e. The number of hydrogen-bond donors (Lipinski definition) is 1. The average molecular weight is 462 g/mol. The number of ether oxygens (including phenoxy) is 2. The van der Waals surface area contributed by atoms with Crippen LogP contribution in [0.15, 0.2) is 29.2 Å². The molecule has 1 amide bonds. The molecule has 1 aromatic rings. The Hall–Kier alpha value is -1.12. The van der Waals surface area contributed by atoms with Gasteiger partial charge in [0.05, 0.1) is 11.8 Å². The molecule has 5 aliphatic rings. The second kappa shape index (κ2) is 8.58. The molecule has 0 aromatic heterocycles. The van der Waals surface area contributed by atoms with Gasteiger partial charge in [0.15, 0.2) is 11.9 Å². The molecule has 2 bridgehead atoms. The van der Waals surface area contributed by atoms with Crippen LogP contribution < -0.4 is 5.32 Å². The van der Waals surface area contributed by atoms with Crippen molar-refractivity contribution in [2.24, 2.45) is 23.7 Å². The Bertz CT molecular complexity index is 866. The van der Waals surface area contributed by atoms with E-state index >= 15 is 0 Å². The van der Waals surface area contributed by atoms with E-state index in [0.29, 0.717) is 30.6 Å². The van der Waals surface area contributed by atoms with Crippen LogP contribution in [0.4, 0.5) is 5.69 Å². The van der Waals surface area contributed by atoms with E-state index < -0.39 is 17.7 Å². The van der Waals surface area contributed by atoms with Gasteiger partial charge in [0.1, 0.15) is 0 Å². The maximum atomic E-state index is 12.8. The summed E-state index contributed by atoms with van der Waals surface area (Å²) in [5.41, 5.74) is 0.330. The lowest BCUT2D eigenvalue weighted by Crippen LogP contribution is -2.70. The van der Waals surface area contributed by atoms with Crippen molar-refractivity contribution in [2.75, 3.05) is 11.6 Å². The van der Waals surface area contributed by atoms with E-state index in [4.69, 9.17) is 19.2 Å². The zero-order valence-electron chi connectivity index (χ0n) is 19.5. The molecule has 1 aliphatic carbocycles. The summed E-state index contributed by atoms with van der Waals surface area (Å²) in [7, 11) is 0. The summed E-state index contributed by atoms with van der Waals surface area (Å²) in [5, 5.41) is 3.07. The van der Waals surface area contributed by atoms with Gasteiger partial charge in [0, 0.05) is 23.7 Å². The topological polar surface area (TPSA) is 66.0 Å². The first-order chi connectivity index (χ1) is 15.4. The van der Waals surface area contributed by atoms with Crippen LogP contribution in [0.3, 0.4) is 0 Å². The predicted molar refractivity (Wildman–Crippen MR) is 123 cm³/mol. The molecule has 32 heavy (non-hydrogen) atoms. The van der Waals surface area contributed by atoms with Crippen LogP contribution in [0.5, 0.6) is 0 Å². The highest BCUT2D eigenvalue weighted by molar-refractivity contribution is 7.98. The lowest BCUT2D eigenvalue weighted by Gasteiger charge is -2.60. The Morgan fingerprint density at radius 1 is 1.16 bits per heavy atom. The number of rotatable bonds is 5. The molecule has 7 heteroatoms. The van der Waals surface area contributed by atoms with Crippen LogP contribution in [-0.4, -0.2) is 35.9 Å². The van der Waals surface area contributed by atoms with E-state index in [1.54, 1.807) is 11.8 Å². The fourth-order valence-electron chi connectivity index (χ4n) is 6.54. The summed E-state index contributed by atoms with van der Waals surface area (Å²) in [6.45, 7) is 6.52. The summed E-state index contributed by atoms with van der Waals surface area (Å²) in [4.78, 5) is 25.9. The van der Waals surface area contributed by atoms with Crippen molar-refractivity contribution < 1.29 is 24.0 Å². The van der Waals surface area contributed by atoms with E-state index in [2.05, 4.69) is 19.2 Å². The van der Waals surface area contributed by atoms with Gasteiger partial charge in [-0.15, -0.1) is 11.8 Å². The third-order valence-corrected chi connectivity index (χ3v) is 9.13. The van der Waals surface area contributed by atoms with Gasteiger partial charge in [0.25, 0.3) is 0 Å². The van der Waals surface area contributed by atoms with Crippen molar-refractivity contribution in [3.05, 3.63) is 24.3 Å². The van der Waals surface area contributed by atoms with Crippen molar-refractivity contribution in [2.45, 2.75) is 88.0 Å². The van der Waals surface area contributed by atoms with Gasteiger partial charge >= 0.3 is 0 Å². The first kappa shape index (κ1) is 22.7. The fraction of sp³-hybridized carbons (Fsp3) is 0.720. The molecule has 6 nitrogen and oxygen atoms in total. The third-order valence-electron chi connectivity index (χ3n) is 8.33. The number of thioether (sulfide) groups is 1. The summed E-state index contributed by atoms with van der Waals surface area (Å²) in [5.74, 6) is 0.744. The van der Waals surface area contributed by atoms with Gasteiger partial charge in [-0.3, -0.25) is 4.79 Å². The van der Waals surface area contributed by atoms with Crippen LogP contribution >= 0.6 is 11.8 Å². The van der Waals surface area contributed by atoms with Crippen LogP contribution in [0.25, 0.3) is 0 Å². The van der Waals surface area contributed by atoms with Gasteiger partial charge < -0.3 is 14.8 Å². The summed E-state index contributed by atoms with van der Waals surface area (Å²) in [6.07, 6.45) is 6.72. The second-order valence-corrected chi connectivity index (χ2v) is 11.1. The molecule has 6 rings (SSSR count). The molecule has 176 valence electrons. The third kappa shape index (κ3) is 3.70. The summed E-state index contributed by atoms with van der Waals surface area (Å²) in [6, 6.07) is 7.90. The SMILES string of the molecule is CSc1ccccc1NC(=O)CCC1OC2OC3(C)CCC4C(C)CCC(C1C)C24OO3. The molecule has 8 atom stereocenters. The van der Waals surface area contributed by atoms with Crippen molar-refractivity contribution in [3.63, 3.8) is 0 Å².